The number of halogens is 1. The van der Waals surface area contributed by atoms with Crippen molar-refractivity contribution in [2.45, 2.75) is 18.6 Å². The number of carbonyl (C=O) groups is 1. The lowest BCUT2D eigenvalue weighted by molar-refractivity contribution is -0.110. The summed E-state index contributed by atoms with van der Waals surface area (Å²) >= 11 is 0. The van der Waals surface area contributed by atoms with Crippen LogP contribution in [0.5, 0.6) is 0 Å². The van der Waals surface area contributed by atoms with Gasteiger partial charge >= 0.3 is 6.09 Å². The summed E-state index contributed by atoms with van der Waals surface area (Å²) in [7, 11) is 1.46. The summed E-state index contributed by atoms with van der Waals surface area (Å²) in [5.41, 5.74) is 6.15. The lowest BCUT2D eigenvalue weighted by atomic mass is 10.1. The number of nitrogens with two attached hydrogens (primary N) is 1. The van der Waals surface area contributed by atoms with E-state index in [9.17, 15) is 9.18 Å². The molecule has 0 bridgehead atoms. The van der Waals surface area contributed by atoms with E-state index >= 15 is 0 Å². The van der Waals surface area contributed by atoms with E-state index in [-0.39, 0.29) is 12.6 Å². The predicted molar refractivity (Wildman–Crippen MR) is 60.3 cm³/mol. The van der Waals surface area contributed by atoms with Crippen LogP contribution in [0.1, 0.15) is 17.2 Å². The van der Waals surface area contributed by atoms with Gasteiger partial charge in [0, 0.05) is 19.1 Å². The molecular formula is C12H14FNO4. The Morgan fingerprint density at radius 1 is 1.56 bits per heavy atom. The van der Waals surface area contributed by atoms with E-state index in [0.29, 0.717) is 12.0 Å². The molecule has 1 aliphatic rings. The molecule has 18 heavy (non-hydrogen) atoms. The molecule has 0 unspecified atom stereocenters. The predicted octanol–water partition coefficient (Wildman–Crippen LogP) is 1.51. The Balaban J connectivity index is 2.26. The van der Waals surface area contributed by atoms with E-state index in [1.165, 1.54) is 13.2 Å². The summed E-state index contributed by atoms with van der Waals surface area (Å²) in [6, 6.07) is 4.72. The SMILES string of the molecule is COCO[C@@H]1c2c(F)cccc2C[C@@H]1OC(N)=O. The number of amides is 1. The van der Waals surface area contributed by atoms with Gasteiger partial charge in [0.2, 0.25) is 0 Å². The Kier molecular flexibility index (Phi) is 3.78. The maximum Gasteiger partial charge on any atom is 0.404 e. The van der Waals surface area contributed by atoms with Gasteiger partial charge in [0.15, 0.2) is 0 Å². The number of primary amides is 1. The van der Waals surface area contributed by atoms with Crippen LogP contribution in [0, 0.1) is 5.82 Å². The molecule has 1 aliphatic carbocycles. The smallest absolute Gasteiger partial charge is 0.404 e. The van der Waals surface area contributed by atoms with Crippen LogP contribution >= 0.6 is 0 Å². The molecule has 1 aromatic carbocycles. The monoisotopic (exact) mass is 255 g/mol. The van der Waals surface area contributed by atoms with Gasteiger partial charge < -0.3 is 19.9 Å². The maximum absolute atomic E-state index is 13.8. The van der Waals surface area contributed by atoms with Crippen LogP contribution in [0.3, 0.4) is 0 Å². The highest BCUT2D eigenvalue weighted by molar-refractivity contribution is 5.65. The number of benzene rings is 1. The summed E-state index contributed by atoms with van der Waals surface area (Å²) in [4.78, 5) is 10.8. The Morgan fingerprint density at radius 2 is 2.33 bits per heavy atom. The lowest BCUT2D eigenvalue weighted by Gasteiger charge is -2.20. The average molecular weight is 255 g/mol. The molecule has 0 aliphatic heterocycles. The Bertz CT molecular complexity index is 452. The van der Waals surface area contributed by atoms with Gasteiger partial charge in [-0.1, -0.05) is 12.1 Å². The fraction of sp³-hybridized carbons (Fsp3) is 0.417. The molecule has 2 atom stereocenters. The van der Waals surface area contributed by atoms with Crippen LogP contribution < -0.4 is 5.73 Å². The zero-order valence-corrected chi connectivity index (χ0v) is 9.89. The number of rotatable bonds is 4. The van der Waals surface area contributed by atoms with Gasteiger partial charge in [-0.05, 0) is 11.6 Å². The summed E-state index contributed by atoms with van der Waals surface area (Å²) in [5.74, 6) is -0.385. The quantitative estimate of drug-likeness (QED) is 0.828. The molecule has 98 valence electrons. The fourth-order valence-electron chi connectivity index (χ4n) is 2.17. The van der Waals surface area contributed by atoms with Crippen molar-refractivity contribution in [3.63, 3.8) is 0 Å². The molecule has 0 saturated heterocycles. The molecule has 0 heterocycles. The van der Waals surface area contributed by atoms with Crippen molar-refractivity contribution in [3.8, 4) is 0 Å². The minimum atomic E-state index is -0.903. The van der Waals surface area contributed by atoms with Crippen molar-refractivity contribution in [1.29, 1.82) is 0 Å². The third kappa shape index (κ3) is 2.44. The van der Waals surface area contributed by atoms with Crippen LogP contribution in [-0.2, 0) is 20.6 Å². The maximum atomic E-state index is 13.8. The van der Waals surface area contributed by atoms with Crippen molar-refractivity contribution in [2.75, 3.05) is 13.9 Å². The number of fused-ring (bicyclic) bond motifs is 1. The largest absolute Gasteiger partial charge is 0.443 e. The number of ether oxygens (including phenoxy) is 3. The Labute approximate surface area is 104 Å². The van der Waals surface area contributed by atoms with Crippen molar-refractivity contribution in [1.82, 2.24) is 0 Å². The van der Waals surface area contributed by atoms with Gasteiger partial charge in [0.25, 0.3) is 0 Å². The molecular weight excluding hydrogens is 241 g/mol. The molecule has 0 saturated carbocycles. The van der Waals surface area contributed by atoms with Gasteiger partial charge in [-0.3, -0.25) is 0 Å². The number of hydrogen-bond donors (Lipinski definition) is 1. The molecule has 0 fully saturated rings. The van der Waals surface area contributed by atoms with E-state index in [0.717, 1.165) is 5.56 Å². The van der Waals surface area contributed by atoms with E-state index in [1.807, 2.05) is 0 Å². The van der Waals surface area contributed by atoms with Gasteiger partial charge in [0.1, 0.15) is 24.8 Å². The van der Waals surface area contributed by atoms with E-state index < -0.39 is 18.3 Å². The molecule has 0 spiro atoms. The van der Waals surface area contributed by atoms with Crippen LogP contribution in [0.25, 0.3) is 0 Å². The first-order valence-electron chi connectivity index (χ1n) is 5.47. The normalized spacial score (nSPS) is 21.7. The van der Waals surface area contributed by atoms with Crippen LogP contribution in [0.4, 0.5) is 9.18 Å². The Morgan fingerprint density at radius 3 is 3.00 bits per heavy atom. The third-order valence-electron chi connectivity index (χ3n) is 2.82. The number of carbonyl (C=O) groups excluding carboxylic acids is 1. The molecule has 5 nitrogen and oxygen atoms in total. The molecule has 0 radical (unpaired) electrons. The van der Waals surface area contributed by atoms with Crippen molar-refractivity contribution in [3.05, 3.63) is 35.1 Å². The molecule has 1 aromatic rings. The van der Waals surface area contributed by atoms with Crippen molar-refractivity contribution in [2.24, 2.45) is 5.73 Å². The summed E-state index contributed by atoms with van der Waals surface area (Å²) in [5, 5.41) is 0. The minimum absolute atomic E-state index is 0.0168. The molecule has 2 rings (SSSR count). The number of hydrogen-bond acceptors (Lipinski definition) is 4. The van der Waals surface area contributed by atoms with Crippen LogP contribution in [0.2, 0.25) is 0 Å². The lowest BCUT2D eigenvalue weighted by Crippen LogP contribution is -2.28. The van der Waals surface area contributed by atoms with Crippen LogP contribution in [0.15, 0.2) is 18.2 Å². The van der Waals surface area contributed by atoms with Crippen molar-refractivity contribution < 1.29 is 23.4 Å². The molecule has 0 aromatic heterocycles. The standard InChI is InChI=1S/C12H14FNO4/c1-16-6-17-11-9(18-12(14)15)5-7-3-2-4-8(13)10(7)11/h2-4,9,11H,5-6H2,1H3,(H2,14,15)/t9-,11-/m0/s1. The summed E-state index contributed by atoms with van der Waals surface area (Å²) in [6.07, 6.45) is -1.83. The van der Waals surface area contributed by atoms with Crippen molar-refractivity contribution >= 4 is 6.09 Å². The molecule has 6 heteroatoms. The highest BCUT2D eigenvalue weighted by Gasteiger charge is 2.38. The van der Waals surface area contributed by atoms with Gasteiger partial charge in [-0.15, -0.1) is 0 Å². The second kappa shape index (κ2) is 5.32. The van der Waals surface area contributed by atoms with E-state index in [4.69, 9.17) is 19.9 Å². The van der Waals surface area contributed by atoms with E-state index in [2.05, 4.69) is 0 Å². The average Bonchev–Trinajstić information content (AvgIpc) is 2.64. The first kappa shape index (κ1) is 12.8. The second-order valence-electron chi connectivity index (χ2n) is 3.99. The second-order valence-corrected chi connectivity index (χ2v) is 3.99. The summed E-state index contributed by atoms with van der Waals surface area (Å²) < 4.78 is 28.9. The molecule has 2 N–H and O–H groups in total. The number of methoxy groups -OCH3 is 1. The first-order chi connectivity index (χ1) is 8.63. The third-order valence-corrected chi connectivity index (χ3v) is 2.82. The highest BCUT2D eigenvalue weighted by atomic mass is 19.1. The van der Waals surface area contributed by atoms with Gasteiger partial charge in [0.05, 0.1) is 0 Å². The van der Waals surface area contributed by atoms with Gasteiger partial charge in [-0.25, -0.2) is 9.18 Å². The first-order valence-corrected chi connectivity index (χ1v) is 5.47. The fourth-order valence-corrected chi connectivity index (χ4v) is 2.17. The highest BCUT2D eigenvalue weighted by Crippen LogP contribution is 2.37. The Hall–Kier alpha value is -1.66. The zero-order chi connectivity index (χ0) is 13.1. The molecule has 1 amide bonds. The zero-order valence-electron chi connectivity index (χ0n) is 9.89. The topological polar surface area (TPSA) is 70.8 Å². The van der Waals surface area contributed by atoms with E-state index in [1.54, 1.807) is 12.1 Å². The minimum Gasteiger partial charge on any atom is -0.443 e. The van der Waals surface area contributed by atoms with Gasteiger partial charge in [-0.2, -0.15) is 0 Å². The summed E-state index contributed by atoms with van der Waals surface area (Å²) in [6.45, 7) is -0.0168. The van der Waals surface area contributed by atoms with Crippen LogP contribution in [-0.4, -0.2) is 26.1 Å².